The van der Waals surface area contributed by atoms with E-state index in [1.807, 2.05) is 13.1 Å². The Bertz CT molecular complexity index is 368. The lowest BCUT2D eigenvalue weighted by molar-refractivity contribution is 0.498. The van der Waals surface area contributed by atoms with Gasteiger partial charge in [0.25, 0.3) is 0 Å². The van der Waals surface area contributed by atoms with Gasteiger partial charge in [0.05, 0.1) is 0 Å². The maximum absolute atomic E-state index is 6.31. The number of rotatable bonds is 9. The summed E-state index contributed by atoms with van der Waals surface area (Å²) in [6.07, 6.45) is 9.16. The highest BCUT2D eigenvalue weighted by Gasteiger charge is 2.12. The van der Waals surface area contributed by atoms with E-state index in [-0.39, 0.29) is 0 Å². The average molecular weight is 347 g/mol. The number of halogens is 2. The minimum Gasteiger partial charge on any atom is -0.313 e. The molecule has 0 aliphatic rings. The molecule has 0 saturated carbocycles. The van der Waals surface area contributed by atoms with Gasteiger partial charge in [0.2, 0.25) is 0 Å². The quantitative estimate of drug-likeness (QED) is 0.532. The zero-order valence-corrected chi connectivity index (χ0v) is 14.4. The number of unbranched alkanes of at least 4 members (excludes halogenated alkanes) is 5. The first-order valence-corrected chi connectivity index (χ1v) is 8.48. The number of benzene rings is 1. The zero-order chi connectivity index (χ0) is 14.1. The second-order valence-electron chi connectivity index (χ2n) is 5.06. The van der Waals surface area contributed by atoms with Crippen molar-refractivity contribution in [1.29, 1.82) is 0 Å². The van der Waals surface area contributed by atoms with E-state index in [0.717, 1.165) is 15.9 Å². The summed E-state index contributed by atoms with van der Waals surface area (Å²) in [5.74, 6) is 0. The van der Waals surface area contributed by atoms with Crippen molar-refractivity contribution >= 4 is 27.5 Å². The van der Waals surface area contributed by atoms with E-state index in [1.54, 1.807) is 0 Å². The molecule has 1 N–H and O–H groups in total. The van der Waals surface area contributed by atoms with Gasteiger partial charge >= 0.3 is 0 Å². The van der Waals surface area contributed by atoms with Crippen LogP contribution in [0.1, 0.15) is 63.5 Å². The second kappa shape index (κ2) is 9.79. The van der Waals surface area contributed by atoms with Gasteiger partial charge in [-0.2, -0.15) is 0 Å². The largest absolute Gasteiger partial charge is 0.313 e. The van der Waals surface area contributed by atoms with Crippen molar-refractivity contribution in [1.82, 2.24) is 5.32 Å². The third-order valence-corrected chi connectivity index (χ3v) is 4.35. The fourth-order valence-corrected chi connectivity index (χ4v) is 3.17. The van der Waals surface area contributed by atoms with E-state index >= 15 is 0 Å². The minimum absolute atomic E-state index is 0.367. The van der Waals surface area contributed by atoms with Crippen LogP contribution in [0, 0.1) is 0 Å². The minimum atomic E-state index is 0.367. The molecule has 1 aromatic carbocycles. The Labute approximate surface area is 131 Å². The lowest BCUT2D eigenvalue weighted by atomic mass is 9.99. The lowest BCUT2D eigenvalue weighted by Gasteiger charge is -2.18. The fourth-order valence-electron chi connectivity index (χ4n) is 2.37. The van der Waals surface area contributed by atoms with Gasteiger partial charge in [0, 0.05) is 15.5 Å². The van der Waals surface area contributed by atoms with Crippen molar-refractivity contribution in [3.63, 3.8) is 0 Å². The molecule has 0 spiro atoms. The second-order valence-corrected chi connectivity index (χ2v) is 6.39. The van der Waals surface area contributed by atoms with E-state index in [2.05, 4.69) is 40.3 Å². The van der Waals surface area contributed by atoms with Gasteiger partial charge < -0.3 is 5.32 Å². The van der Waals surface area contributed by atoms with Gasteiger partial charge in [0.15, 0.2) is 0 Å². The molecule has 19 heavy (non-hydrogen) atoms. The Balaban J connectivity index is 2.40. The first kappa shape index (κ1) is 17.0. The summed E-state index contributed by atoms with van der Waals surface area (Å²) in [5, 5.41) is 4.23. The molecule has 3 heteroatoms. The molecule has 0 aliphatic carbocycles. The summed E-state index contributed by atoms with van der Waals surface area (Å²) in [5.41, 5.74) is 1.21. The fraction of sp³-hybridized carbons (Fsp3) is 0.625. The van der Waals surface area contributed by atoms with E-state index in [0.29, 0.717) is 6.04 Å². The van der Waals surface area contributed by atoms with Crippen molar-refractivity contribution in [3.8, 4) is 0 Å². The van der Waals surface area contributed by atoms with Crippen molar-refractivity contribution in [2.45, 2.75) is 57.9 Å². The predicted molar refractivity (Wildman–Crippen MR) is 88.9 cm³/mol. The molecular weight excluding hydrogens is 322 g/mol. The Morgan fingerprint density at radius 1 is 1.16 bits per heavy atom. The highest BCUT2D eigenvalue weighted by molar-refractivity contribution is 9.10. The van der Waals surface area contributed by atoms with Crippen molar-refractivity contribution < 1.29 is 0 Å². The molecular formula is C16H25BrClN. The first-order chi connectivity index (χ1) is 9.19. The van der Waals surface area contributed by atoms with Crippen LogP contribution in [0.5, 0.6) is 0 Å². The zero-order valence-electron chi connectivity index (χ0n) is 12.0. The van der Waals surface area contributed by atoms with Crippen molar-refractivity contribution in [2.24, 2.45) is 0 Å². The Kier molecular flexibility index (Phi) is 8.76. The van der Waals surface area contributed by atoms with Crippen LogP contribution < -0.4 is 5.32 Å². The molecule has 1 aromatic rings. The maximum Gasteiger partial charge on any atom is 0.0465 e. The number of hydrogen-bond donors (Lipinski definition) is 1. The molecule has 1 unspecified atom stereocenters. The third kappa shape index (κ3) is 6.29. The van der Waals surface area contributed by atoms with Crippen molar-refractivity contribution in [3.05, 3.63) is 33.3 Å². The van der Waals surface area contributed by atoms with E-state index in [4.69, 9.17) is 11.6 Å². The molecule has 0 amide bonds. The van der Waals surface area contributed by atoms with Crippen LogP contribution >= 0.6 is 27.5 Å². The first-order valence-electron chi connectivity index (χ1n) is 7.31. The van der Waals surface area contributed by atoms with Crippen LogP contribution in [0.2, 0.25) is 5.02 Å². The molecule has 0 aliphatic heterocycles. The van der Waals surface area contributed by atoms with Crippen LogP contribution in [0.25, 0.3) is 0 Å². The molecule has 1 atom stereocenters. The van der Waals surface area contributed by atoms with Crippen molar-refractivity contribution in [2.75, 3.05) is 7.05 Å². The van der Waals surface area contributed by atoms with Gasteiger partial charge in [-0.05, 0) is 31.2 Å². The summed E-state index contributed by atoms with van der Waals surface area (Å²) >= 11 is 9.76. The molecule has 108 valence electrons. The van der Waals surface area contributed by atoms with Crippen LogP contribution in [0.3, 0.4) is 0 Å². The molecule has 0 saturated heterocycles. The topological polar surface area (TPSA) is 12.0 Å². The predicted octanol–water partition coefficient (Wildman–Crippen LogP) is 6.11. The van der Waals surface area contributed by atoms with Gasteiger partial charge in [0.1, 0.15) is 0 Å². The maximum atomic E-state index is 6.31. The number of hydrogen-bond acceptors (Lipinski definition) is 1. The standard InChI is InChI=1S/C16H25BrClN/c1-3-4-5-6-7-8-9-16(19-2)14-11-10-13(17)12-15(14)18/h10-12,16,19H,3-9H2,1-2H3. The Morgan fingerprint density at radius 3 is 2.47 bits per heavy atom. The molecule has 0 bridgehead atoms. The summed E-state index contributed by atoms with van der Waals surface area (Å²) in [7, 11) is 2.01. The van der Waals surface area contributed by atoms with E-state index in [9.17, 15) is 0 Å². The average Bonchev–Trinajstić information content (AvgIpc) is 2.39. The Hall–Kier alpha value is -0.0500. The smallest absolute Gasteiger partial charge is 0.0465 e. The Morgan fingerprint density at radius 2 is 1.84 bits per heavy atom. The van der Waals surface area contributed by atoms with Gasteiger partial charge in [-0.25, -0.2) is 0 Å². The molecule has 0 fully saturated rings. The molecule has 0 heterocycles. The van der Waals surface area contributed by atoms with Crippen LogP contribution in [0.15, 0.2) is 22.7 Å². The molecule has 0 aromatic heterocycles. The molecule has 1 nitrogen and oxygen atoms in total. The van der Waals surface area contributed by atoms with Crippen LogP contribution in [-0.4, -0.2) is 7.05 Å². The van der Waals surface area contributed by atoms with Crippen LogP contribution in [-0.2, 0) is 0 Å². The van der Waals surface area contributed by atoms with E-state index in [1.165, 1.54) is 44.1 Å². The van der Waals surface area contributed by atoms with E-state index < -0.39 is 0 Å². The SMILES string of the molecule is CCCCCCCCC(NC)c1ccc(Br)cc1Cl. The van der Waals surface area contributed by atoms with Gasteiger partial charge in [-0.15, -0.1) is 0 Å². The monoisotopic (exact) mass is 345 g/mol. The summed E-state index contributed by atoms with van der Waals surface area (Å²) in [6.45, 7) is 2.26. The molecule has 0 radical (unpaired) electrons. The normalized spacial score (nSPS) is 12.6. The van der Waals surface area contributed by atoms with Crippen LogP contribution in [0.4, 0.5) is 0 Å². The third-order valence-electron chi connectivity index (χ3n) is 3.53. The summed E-state index contributed by atoms with van der Waals surface area (Å²) < 4.78 is 1.04. The summed E-state index contributed by atoms with van der Waals surface area (Å²) in [6, 6.07) is 6.52. The summed E-state index contributed by atoms with van der Waals surface area (Å²) in [4.78, 5) is 0. The highest BCUT2D eigenvalue weighted by Crippen LogP contribution is 2.29. The molecule has 1 rings (SSSR count). The highest BCUT2D eigenvalue weighted by atomic mass is 79.9. The lowest BCUT2D eigenvalue weighted by Crippen LogP contribution is -2.16. The number of nitrogens with one attached hydrogen (secondary N) is 1. The van der Waals surface area contributed by atoms with Gasteiger partial charge in [-0.1, -0.05) is 79.0 Å². The van der Waals surface area contributed by atoms with Gasteiger partial charge in [-0.3, -0.25) is 0 Å².